The van der Waals surface area contributed by atoms with Gasteiger partial charge in [-0.05, 0) is 43.5 Å². The Kier molecular flexibility index (Phi) is 7.20. The normalized spacial score (nSPS) is 19.7. The number of benzene rings is 1. The topological polar surface area (TPSA) is 24.5 Å². The lowest BCUT2D eigenvalue weighted by Crippen LogP contribution is -2.28. The van der Waals surface area contributed by atoms with Crippen molar-refractivity contribution in [2.75, 3.05) is 26.3 Å². The van der Waals surface area contributed by atoms with Gasteiger partial charge in [0.05, 0.1) is 0 Å². The summed E-state index contributed by atoms with van der Waals surface area (Å²) in [5.74, 6) is 0. The Morgan fingerprint density at radius 2 is 1.76 bits per heavy atom. The molecule has 118 valence electrons. The van der Waals surface area contributed by atoms with Crippen molar-refractivity contribution in [2.24, 2.45) is 0 Å². The summed E-state index contributed by atoms with van der Waals surface area (Å²) in [6, 6.07) is 9.68. The highest BCUT2D eigenvalue weighted by Crippen LogP contribution is 2.11. The number of hydrogen-bond acceptors (Lipinski definition) is 3. The molecule has 0 aromatic heterocycles. The summed E-state index contributed by atoms with van der Waals surface area (Å²) in [6.45, 7) is 10.5. The highest BCUT2D eigenvalue weighted by atomic mass is 16.5. The summed E-state index contributed by atoms with van der Waals surface area (Å²) < 4.78 is 5.51. The molecule has 0 saturated carbocycles. The molecule has 21 heavy (non-hydrogen) atoms. The molecule has 0 radical (unpaired) electrons. The van der Waals surface area contributed by atoms with Gasteiger partial charge in [0.2, 0.25) is 0 Å². The van der Waals surface area contributed by atoms with E-state index in [1.54, 1.807) is 0 Å². The van der Waals surface area contributed by atoms with E-state index < -0.39 is 0 Å². The Bertz CT molecular complexity index is 379. The third kappa shape index (κ3) is 5.77. The fraction of sp³-hybridized carbons (Fsp3) is 0.667. The zero-order valence-electron chi connectivity index (χ0n) is 13.6. The highest BCUT2D eigenvalue weighted by molar-refractivity contribution is 5.22. The molecular formula is C18H30N2O. The van der Waals surface area contributed by atoms with Gasteiger partial charge in [0, 0.05) is 32.3 Å². The van der Waals surface area contributed by atoms with Crippen molar-refractivity contribution in [1.29, 1.82) is 0 Å². The lowest BCUT2D eigenvalue weighted by Gasteiger charge is -2.18. The molecule has 0 bridgehead atoms. The molecule has 1 aliphatic heterocycles. The Balaban J connectivity index is 1.78. The van der Waals surface area contributed by atoms with E-state index in [2.05, 4.69) is 48.3 Å². The molecule has 0 amide bonds. The van der Waals surface area contributed by atoms with Crippen LogP contribution in [-0.2, 0) is 17.8 Å². The summed E-state index contributed by atoms with van der Waals surface area (Å²) in [5.41, 5.74) is 2.79. The summed E-state index contributed by atoms with van der Waals surface area (Å²) in [6.07, 6.45) is 3.56. The van der Waals surface area contributed by atoms with Crippen LogP contribution in [0.15, 0.2) is 24.3 Å². The van der Waals surface area contributed by atoms with Crippen molar-refractivity contribution in [1.82, 2.24) is 10.2 Å². The van der Waals surface area contributed by atoms with Crippen molar-refractivity contribution >= 4 is 0 Å². The zero-order chi connectivity index (χ0) is 14.9. The summed E-state index contributed by atoms with van der Waals surface area (Å²) in [5, 5.41) is 3.67. The molecule has 0 aliphatic carbocycles. The largest absolute Gasteiger partial charge is 0.381 e. The highest BCUT2D eigenvalue weighted by Gasteiger charge is 2.11. The van der Waals surface area contributed by atoms with Crippen molar-refractivity contribution in [2.45, 2.75) is 52.2 Å². The van der Waals surface area contributed by atoms with E-state index in [1.807, 2.05) is 0 Å². The Labute approximate surface area is 129 Å². The van der Waals surface area contributed by atoms with Crippen molar-refractivity contribution in [3.05, 3.63) is 35.4 Å². The van der Waals surface area contributed by atoms with Crippen LogP contribution in [0.4, 0.5) is 0 Å². The minimum Gasteiger partial charge on any atom is -0.381 e. The van der Waals surface area contributed by atoms with Crippen LogP contribution in [0.2, 0.25) is 0 Å². The molecule has 1 aromatic rings. The molecule has 1 saturated heterocycles. The van der Waals surface area contributed by atoms with E-state index in [1.165, 1.54) is 24.0 Å². The lowest BCUT2D eigenvalue weighted by molar-refractivity contribution is 0.142. The van der Waals surface area contributed by atoms with Crippen molar-refractivity contribution in [3.63, 3.8) is 0 Å². The van der Waals surface area contributed by atoms with Gasteiger partial charge in [-0.1, -0.05) is 38.1 Å². The smallest absolute Gasteiger partial charge is 0.0480 e. The summed E-state index contributed by atoms with van der Waals surface area (Å²) in [4.78, 5) is 2.44. The molecule has 1 heterocycles. The van der Waals surface area contributed by atoms with E-state index in [0.29, 0.717) is 6.04 Å². The Hall–Kier alpha value is -0.900. The van der Waals surface area contributed by atoms with Gasteiger partial charge in [-0.25, -0.2) is 0 Å². The first-order valence-electron chi connectivity index (χ1n) is 8.43. The molecule has 0 spiro atoms. The van der Waals surface area contributed by atoms with Crippen LogP contribution in [0.3, 0.4) is 0 Å². The number of nitrogens with zero attached hydrogens (tertiary/aromatic N) is 1. The van der Waals surface area contributed by atoms with E-state index in [4.69, 9.17) is 4.74 Å². The van der Waals surface area contributed by atoms with E-state index in [9.17, 15) is 0 Å². The molecule has 1 aromatic carbocycles. The van der Waals surface area contributed by atoms with E-state index in [0.717, 1.165) is 45.8 Å². The average Bonchev–Trinajstić information content (AvgIpc) is 2.80. The first-order chi connectivity index (χ1) is 10.3. The van der Waals surface area contributed by atoms with Gasteiger partial charge in [-0.2, -0.15) is 0 Å². The van der Waals surface area contributed by atoms with Crippen LogP contribution >= 0.6 is 0 Å². The van der Waals surface area contributed by atoms with Crippen molar-refractivity contribution < 1.29 is 4.74 Å². The standard InChI is InChI=1S/C18H30N2O/c1-3-20(4-2)15-17-9-7-16(8-10-17)14-19-18-6-5-12-21-13-11-18/h7-10,18-19H,3-6,11-15H2,1-2H3. The van der Waals surface area contributed by atoms with Crippen LogP contribution < -0.4 is 5.32 Å². The Morgan fingerprint density at radius 3 is 2.48 bits per heavy atom. The number of nitrogens with one attached hydrogen (secondary N) is 1. The maximum atomic E-state index is 5.51. The monoisotopic (exact) mass is 290 g/mol. The molecule has 1 atom stereocenters. The predicted molar refractivity (Wildman–Crippen MR) is 88.4 cm³/mol. The fourth-order valence-electron chi connectivity index (χ4n) is 2.84. The number of ether oxygens (including phenoxy) is 1. The second-order valence-corrected chi connectivity index (χ2v) is 5.90. The average molecular weight is 290 g/mol. The third-order valence-electron chi connectivity index (χ3n) is 4.37. The van der Waals surface area contributed by atoms with Crippen LogP contribution in [0.5, 0.6) is 0 Å². The first-order valence-corrected chi connectivity index (χ1v) is 8.43. The quantitative estimate of drug-likeness (QED) is 0.834. The fourth-order valence-corrected chi connectivity index (χ4v) is 2.84. The van der Waals surface area contributed by atoms with Crippen LogP contribution in [-0.4, -0.2) is 37.2 Å². The minimum atomic E-state index is 0.614. The molecule has 1 unspecified atom stereocenters. The summed E-state index contributed by atoms with van der Waals surface area (Å²) >= 11 is 0. The second kappa shape index (κ2) is 9.19. The SMILES string of the molecule is CCN(CC)Cc1ccc(CNC2CCCOCC2)cc1. The van der Waals surface area contributed by atoms with Gasteiger partial charge in [0.1, 0.15) is 0 Å². The molecule has 1 aliphatic rings. The molecular weight excluding hydrogens is 260 g/mol. The molecule has 2 rings (SSSR count). The lowest BCUT2D eigenvalue weighted by atomic mass is 10.1. The van der Waals surface area contributed by atoms with E-state index >= 15 is 0 Å². The van der Waals surface area contributed by atoms with Crippen LogP contribution in [0.1, 0.15) is 44.2 Å². The van der Waals surface area contributed by atoms with Crippen LogP contribution in [0, 0.1) is 0 Å². The molecule has 3 nitrogen and oxygen atoms in total. The predicted octanol–water partition coefficient (Wildman–Crippen LogP) is 3.19. The molecule has 3 heteroatoms. The summed E-state index contributed by atoms with van der Waals surface area (Å²) in [7, 11) is 0. The maximum Gasteiger partial charge on any atom is 0.0480 e. The third-order valence-corrected chi connectivity index (χ3v) is 4.37. The maximum absolute atomic E-state index is 5.51. The molecule has 1 fully saturated rings. The Morgan fingerprint density at radius 1 is 1.05 bits per heavy atom. The van der Waals surface area contributed by atoms with Gasteiger partial charge in [-0.15, -0.1) is 0 Å². The first kappa shape index (κ1) is 16.5. The van der Waals surface area contributed by atoms with Crippen molar-refractivity contribution in [3.8, 4) is 0 Å². The second-order valence-electron chi connectivity index (χ2n) is 5.90. The number of rotatable bonds is 7. The van der Waals surface area contributed by atoms with E-state index in [-0.39, 0.29) is 0 Å². The number of hydrogen-bond donors (Lipinski definition) is 1. The molecule has 1 N–H and O–H groups in total. The van der Waals surface area contributed by atoms with Gasteiger partial charge < -0.3 is 10.1 Å². The zero-order valence-corrected chi connectivity index (χ0v) is 13.6. The van der Waals surface area contributed by atoms with Gasteiger partial charge in [0.15, 0.2) is 0 Å². The van der Waals surface area contributed by atoms with Gasteiger partial charge >= 0.3 is 0 Å². The minimum absolute atomic E-state index is 0.614. The van der Waals surface area contributed by atoms with Gasteiger partial charge in [-0.3, -0.25) is 4.90 Å². The van der Waals surface area contributed by atoms with Gasteiger partial charge in [0.25, 0.3) is 0 Å². The van der Waals surface area contributed by atoms with Crippen LogP contribution in [0.25, 0.3) is 0 Å².